The van der Waals surface area contributed by atoms with Gasteiger partial charge in [-0.1, -0.05) is 26.0 Å². The molecule has 1 aliphatic heterocycles. The van der Waals surface area contributed by atoms with Crippen molar-refractivity contribution in [3.05, 3.63) is 51.2 Å². The lowest BCUT2D eigenvalue weighted by Gasteiger charge is -2.32. The van der Waals surface area contributed by atoms with Crippen molar-refractivity contribution < 1.29 is 28.8 Å². The second-order valence-electron chi connectivity index (χ2n) is 8.49. The smallest absolute Gasteiger partial charge is 0.328 e. The fourth-order valence-electron chi connectivity index (χ4n) is 4.12. The summed E-state index contributed by atoms with van der Waals surface area (Å²) in [5, 5.41) is 14.1. The Morgan fingerprint density at radius 2 is 1.91 bits per heavy atom. The first-order valence-electron chi connectivity index (χ1n) is 11.1. The van der Waals surface area contributed by atoms with E-state index in [-0.39, 0.29) is 23.8 Å². The molecule has 1 amide bonds. The molecule has 10 heteroatoms. The van der Waals surface area contributed by atoms with Crippen LogP contribution in [0.5, 0.6) is 0 Å². The summed E-state index contributed by atoms with van der Waals surface area (Å²) < 4.78 is 10.1. The van der Waals surface area contributed by atoms with Crippen molar-refractivity contribution in [3.8, 4) is 0 Å². The predicted octanol–water partition coefficient (Wildman–Crippen LogP) is 3.31. The summed E-state index contributed by atoms with van der Waals surface area (Å²) in [6.07, 6.45) is 0.348. The Balaban J connectivity index is 2.60. The topological polar surface area (TPSA) is 137 Å². The highest BCUT2D eigenvalue weighted by Crippen LogP contribution is 2.40. The van der Waals surface area contributed by atoms with Crippen LogP contribution in [0.25, 0.3) is 0 Å². The molecule has 2 rings (SSSR count). The first kappa shape index (κ1) is 26.7. The highest BCUT2D eigenvalue weighted by Gasteiger charge is 2.42. The largest absolute Gasteiger partial charge is 0.468 e. The van der Waals surface area contributed by atoms with E-state index in [9.17, 15) is 24.5 Å². The third kappa shape index (κ3) is 6.06. The number of carbonyl (C=O) groups is 3. The van der Waals surface area contributed by atoms with E-state index in [1.54, 1.807) is 26.8 Å². The Kier molecular flexibility index (Phi) is 9.05. The number of nitro groups is 1. The van der Waals surface area contributed by atoms with Gasteiger partial charge in [-0.2, -0.15) is 0 Å². The number of nitro benzene ring substituents is 1. The lowest BCUT2D eigenvalue weighted by atomic mass is 9.75. The third-order valence-corrected chi connectivity index (χ3v) is 5.55. The standard InChI is InChI=1S/C24H31N3O7/c1-7-34-23(29)18(11-13(2)3)26-22(28)19-14(4)25-15(5)20(24(30)33-6)21(19)16-9-8-10-17(12-16)27(31)32/h8-10,12-13,18,20-21H,7,11H2,1-6H3,(H,26,28)/t18-,20?,21-/m0/s1. The molecular weight excluding hydrogens is 442 g/mol. The fourth-order valence-corrected chi connectivity index (χ4v) is 4.12. The zero-order chi connectivity index (χ0) is 25.6. The number of non-ortho nitro benzene ring substituents is 1. The number of rotatable bonds is 9. The minimum atomic E-state index is -0.970. The Morgan fingerprint density at radius 3 is 2.47 bits per heavy atom. The molecule has 1 aromatic rings. The zero-order valence-electron chi connectivity index (χ0n) is 20.3. The van der Waals surface area contributed by atoms with E-state index < -0.39 is 40.6 Å². The molecular formula is C24H31N3O7. The Morgan fingerprint density at radius 1 is 1.24 bits per heavy atom. The van der Waals surface area contributed by atoms with Crippen LogP contribution in [0.1, 0.15) is 52.5 Å². The number of ether oxygens (including phenoxy) is 2. The van der Waals surface area contributed by atoms with Gasteiger partial charge in [0.25, 0.3) is 5.69 Å². The van der Waals surface area contributed by atoms with Crippen LogP contribution in [0.2, 0.25) is 0 Å². The van der Waals surface area contributed by atoms with Crippen LogP contribution in [-0.2, 0) is 23.9 Å². The Bertz CT molecular complexity index is 1030. The van der Waals surface area contributed by atoms with E-state index in [1.807, 2.05) is 13.8 Å². The zero-order valence-corrected chi connectivity index (χ0v) is 20.3. The van der Waals surface area contributed by atoms with Crippen LogP contribution in [0.4, 0.5) is 5.69 Å². The molecule has 34 heavy (non-hydrogen) atoms. The number of amides is 1. The van der Waals surface area contributed by atoms with E-state index in [2.05, 4.69) is 10.3 Å². The minimum Gasteiger partial charge on any atom is -0.468 e. The van der Waals surface area contributed by atoms with E-state index >= 15 is 0 Å². The average molecular weight is 474 g/mol. The number of nitrogens with zero attached hydrogens (tertiary/aromatic N) is 2. The summed E-state index contributed by atoms with van der Waals surface area (Å²) in [5.74, 6) is -3.56. The first-order chi connectivity index (χ1) is 16.0. The number of hydrogen-bond acceptors (Lipinski definition) is 8. The molecule has 0 fully saturated rings. The SMILES string of the molecule is CCOC(=O)[C@H](CC(C)C)NC(=O)C1=C(C)N=C(C)C(C(=O)OC)[C@H]1c1cccc([N+](=O)[O-])c1. The van der Waals surface area contributed by atoms with Crippen LogP contribution < -0.4 is 5.32 Å². The Labute approximate surface area is 198 Å². The monoisotopic (exact) mass is 473 g/mol. The summed E-state index contributed by atoms with van der Waals surface area (Å²) in [6.45, 7) is 8.93. The van der Waals surface area contributed by atoms with Gasteiger partial charge in [-0.05, 0) is 38.7 Å². The van der Waals surface area contributed by atoms with E-state index in [1.165, 1.54) is 25.3 Å². The molecule has 0 saturated heterocycles. The van der Waals surface area contributed by atoms with E-state index in [0.29, 0.717) is 23.4 Å². The number of nitrogens with one attached hydrogen (secondary N) is 1. The Hall–Kier alpha value is -3.56. The number of benzene rings is 1. The van der Waals surface area contributed by atoms with Gasteiger partial charge in [-0.15, -0.1) is 0 Å². The van der Waals surface area contributed by atoms with Crippen molar-refractivity contribution in [1.29, 1.82) is 0 Å². The van der Waals surface area contributed by atoms with Crippen LogP contribution in [-0.4, -0.2) is 48.2 Å². The van der Waals surface area contributed by atoms with Crippen molar-refractivity contribution >= 4 is 29.2 Å². The summed E-state index contributed by atoms with van der Waals surface area (Å²) in [5.41, 5.74) is 1.11. The van der Waals surface area contributed by atoms with Crippen molar-refractivity contribution in [2.24, 2.45) is 16.8 Å². The maximum absolute atomic E-state index is 13.5. The molecule has 1 aromatic carbocycles. The van der Waals surface area contributed by atoms with Crippen LogP contribution in [0.3, 0.4) is 0 Å². The van der Waals surface area contributed by atoms with Crippen molar-refractivity contribution in [2.45, 2.75) is 53.0 Å². The van der Waals surface area contributed by atoms with Crippen LogP contribution in [0, 0.1) is 22.0 Å². The molecule has 1 heterocycles. The van der Waals surface area contributed by atoms with E-state index in [0.717, 1.165) is 0 Å². The number of methoxy groups -OCH3 is 1. The summed E-state index contributed by atoms with van der Waals surface area (Å²) >= 11 is 0. The second-order valence-corrected chi connectivity index (χ2v) is 8.49. The first-order valence-corrected chi connectivity index (χ1v) is 11.1. The van der Waals surface area contributed by atoms with Crippen LogP contribution >= 0.6 is 0 Å². The summed E-state index contributed by atoms with van der Waals surface area (Å²) in [4.78, 5) is 54.0. The van der Waals surface area contributed by atoms with Gasteiger partial charge < -0.3 is 14.8 Å². The average Bonchev–Trinajstić information content (AvgIpc) is 2.77. The molecule has 0 spiro atoms. The van der Waals surface area contributed by atoms with Gasteiger partial charge in [0.05, 0.1) is 18.6 Å². The molecule has 0 radical (unpaired) electrons. The molecule has 3 atom stereocenters. The van der Waals surface area contributed by atoms with Gasteiger partial charge in [-0.3, -0.25) is 24.7 Å². The van der Waals surface area contributed by atoms with Gasteiger partial charge in [0.1, 0.15) is 12.0 Å². The predicted molar refractivity (Wildman–Crippen MR) is 125 cm³/mol. The quantitative estimate of drug-likeness (QED) is 0.330. The number of hydrogen-bond donors (Lipinski definition) is 1. The highest BCUT2D eigenvalue weighted by molar-refractivity contribution is 6.08. The molecule has 0 saturated carbocycles. The van der Waals surface area contributed by atoms with Crippen molar-refractivity contribution in [1.82, 2.24) is 5.32 Å². The molecule has 10 nitrogen and oxygen atoms in total. The minimum absolute atomic E-state index is 0.0896. The van der Waals surface area contributed by atoms with Crippen molar-refractivity contribution in [2.75, 3.05) is 13.7 Å². The number of aliphatic imine (C=N–C) groups is 1. The normalized spacial score (nSPS) is 18.7. The molecule has 0 aromatic heterocycles. The van der Waals surface area contributed by atoms with Gasteiger partial charge >= 0.3 is 11.9 Å². The van der Waals surface area contributed by atoms with E-state index in [4.69, 9.17) is 9.47 Å². The molecule has 0 aliphatic carbocycles. The number of esters is 2. The number of carbonyl (C=O) groups excluding carboxylic acids is 3. The molecule has 1 N–H and O–H groups in total. The lowest BCUT2D eigenvalue weighted by Crippen LogP contribution is -2.46. The van der Waals surface area contributed by atoms with Crippen LogP contribution in [0.15, 0.2) is 40.5 Å². The lowest BCUT2D eigenvalue weighted by molar-refractivity contribution is -0.384. The fraction of sp³-hybridized carbons (Fsp3) is 0.500. The van der Waals surface area contributed by atoms with Gasteiger partial charge in [0.15, 0.2) is 0 Å². The van der Waals surface area contributed by atoms with Crippen molar-refractivity contribution in [3.63, 3.8) is 0 Å². The number of allylic oxidation sites excluding steroid dienone is 1. The third-order valence-electron chi connectivity index (χ3n) is 5.55. The van der Waals surface area contributed by atoms with Gasteiger partial charge in [-0.25, -0.2) is 4.79 Å². The molecule has 1 unspecified atom stereocenters. The molecule has 1 aliphatic rings. The summed E-state index contributed by atoms with van der Waals surface area (Å²) in [7, 11) is 1.23. The molecule has 0 bridgehead atoms. The van der Waals surface area contributed by atoms with Gasteiger partial charge in [0, 0.05) is 35.0 Å². The van der Waals surface area contributed by atoms with Gasteiger partial charge in [0.2, 0.25) is 5.91 Å². The maximum Gasteiger partial charge on any atom is 0.328 e. The maximum atomic E-state index is 13.5. The molecule has 184 valence electrons. The summed E-state index contributed by atoms with van der Waals surface area (Å²) in [6, 6.07) is 4.87. The highest BCUT2D eigenvalue weighted by atomic mass is 16.6. The second kappa shape index (κ2) is 11.5.